The van der Waals surface area contributed by atoms with E-state index >= 15 is 0 Å². The van der Waals surface area contributed by atoms with Crippen molar-refractivity contribution in [2.24, 2.45) is 0 Å². The molecule has 1 N–H and O–H groups in total. The van der Waals surface area contributed by atoms with Gasteiger partial charge in [0.1, 0.15) is 23.2 Å². The monoisotopic (exact) mass is 347 g/mol. The van der Waals surface area contributed by atoms with E-state index in [1.54, 1.807) is 0 Å². The van der Waals surface area contributed by atoms with E-state index in [2.05, 4.69) is 56.8 Å². The molecule has 0 amide bonds. The highest BCUT2D eigenvalue weighted by Crippen LogP contribution is 2.31. The minimum atomic E-state index is -0.0377. The second kappa shape index (κ2) is 6.03. The Bertz CT molecular complexity index is 747. The average Bonchev–Trinajstić information content (AvgIpc) is 3.11. The van der Waals surface area contributed by atoms with Crippen molar-refractivity contribution in [1.29, 1.82) is 0 Å². The number of nitrogens with one attached hydrogen (secondary N) is 1. The summed E-state index contributed by atoms with van der Waals surface area (Å²) in [5, 5.41) is 4.56. The normalized spacial score (nSPS) is 12.9. The van der Waals surface area contributed by atoms with Gasteiger partial charge in [-0.2, -0.15) is 0 Å². The molecule has 0 aliphatic carbocycles. The molecular weight excluding hydrogens is 330 g/mol. The highest BCUT2D eigenvalue weighted by molar-refractivity contribution is 9.10. The summed E-state index contributed by atoms with van der Waals surface area (Å²) >= 11 is 3.54. The van der Waals surface area contributed by atoms with Crippen molar-refractivity contribution >= 4 is 26.9 Å². The zero-order valence-corrected chi connectivity index (χ0v) is 13.7. The first-order valence-corrected chi connectivity index (χ1v) is 7.96. The largest absolute Gasteiger partial charge is 0.458 e. The molecule has 0 saturated heterocycles. The number of hydrogen-bond acceptors (Lipinski definition) is 3. The summed E-state index contributed by atoms with van der Waals surface area (Å²) in [5.74, 6) is 1.87. The van der Waals surface area contributed by atoms with Crippen LogP contribution >= 0.6 is 15.9 Å². The smallest absolute Gasteiger partial charge is 0.148 e. The van der Waals surface area contributed by atoms with Crippen molar-refractivity contribution in [3.8, 4) is 0 Å². The molecule has 1 unspecified atom stereocenters. The standard InChI is InChI=1S/C16H18BrN3O/c1-3-18-14(16-19-8-9-20(16)4-2)13-10-11-6-5-7-12(17)15(11)21-13/h5-10,14,18H,3-4H2,1-2H3. The van der Waals surface area contributed by atoms with Crippen LogP contribution in [-0.2, 0) is 6.54 Å². The quantitative estimate of drug-likeness (QED) is 0.755. The summed E-state index contributed by atoms with van der Waals surface area (Å²) in [7, 11) is 0. The van der Waals surface area contributed by atoms with Crippen LogP contribution in [0.3, 0.4) is 0 Å². The minimum Gasteiger partial charge on any atom is -0.458 e. The molecule has 0 aliphatic heterocycles. The number of aryl methyl sites for hydroxylation is 1. The molecule has 5 heteroatoms. The summed E-state index contributed by atoms with van der Waals surface area (Å²) in [4.78, 5) is 4.50. The second-order valence-corrected chi connectivity index (χ2v) is 5.72. The zero-order valence-electron chi connectivity index (χ0n) is 12.1. The third-order valence-electron chi connectivity index (χ3n) is 3.55. The summed E-state index contributed by atoms with van der Waals surface area (Å²) < 4.78 is 9.18. The molecule has 0 bridgehead atoms. The summed E-state index contributed by atoms with van der Waals surface area (Å²) in [6.07, 6.45) is 3.83. The van der Waals surface area contributed by atoms with Crippen LogP contribution in [0.2, 0.25) is 0 Å². The molecule has 0 saturated carbocycles. The Balaban J connectivity index is 2.09. The first-order valence-electron chi connectivity index (χ1n) is 7.17. The highest BCUT2D eigenvalue weighted by Gasteiger charge is 2.22. The topological polar surface area (TPSA) is 43.0 Å². The van der Waals surface area contributed by atoms with Gasteiger partial charge >= 0.3 is 0 Å². The molecule has 0 aliphatic rings. The molecule has 0 radical (unpaired) electrons. The van der Waals surface area contributed by atoms with E-state index < -0.39 is 0 Å². The number of fused-ring (bicyclic) bond motifs is 1. The lowest BCUT2D eigenvalue weighted by molar-refractivity contribution is 0.451. The van der Waals surface area contributed by atoms with Gasteiger partial charge in [-0.1, -0.05) is 19.1 Å². The van der Waals surface area contributed by atoms with Gasteiger partial charge in [0.15, 0.2) is 0 Å². The van der Waals surface area contributed by atoms with Gasteiger partial charge in [0.05, 0.1) is 4.47 Å². The lowest BCUT2D eigenvalue weighted by Crippen LogP contribution is -2.24. The van der Waals surface area contributed by atoms with Gasteiger partial charge in [-0.15, -0.1) is 0 Å². The maximum absolute atomic E-state index is 6.07. The van der Waals surface area contributed by atoms with Crippen LogP contribution in [0.1, 0.15) is 31.5 Å². The third-order valence-corrected chi connectivity index (χ3v) is 4.18. The van der Waals surface area contributed by atoms with Crippen LogP contribution in [0.5, 0.6) is 0 Å². The van der Waals surface area contributed by atoms with Gasteiger partial charge in [0.25, 0.3) is 0 Å². The molecule has 2 aromatic heterocycles. The number of para-hydroxylation sites is 1. The van der Waals surface area contributed by atoms with Crippen LogP contribution < -0.4 is 5.32 Å². The Hall–Kier alpha value is -1.59. The molecule has 1 atom stereocenters. The van der Waals surface area contributed by atoms with Crippen molar-refractivity contribution in [3.05, 3.63) is 52.7 Å². The van der Waals surface area contributed by atoms with E-state index in [1.807, 2.05) is 24.5 Å². The second-order valence-electron chi connectivity index (χ2n) is 4.87. The van der Waals surface area contributed by atoms with E-state index in [0.29, 0.717) is 0 Å². The molecule has 0 spiro atoms. The molecule has 21 heavy (non-hydrogen) atoms. The van der Waals surface area contributed by atoms with Crippen molar-refractivity contribution in [2.75, 3.05) is 6.54 Å². The number of furan rings is 1. The first kappa shape index (κ1) is 14.4. The Morgan fingerprint density at radius 1 is 1.38 bits per heavy atom. The van der Waals surface area contributed by atoms with Crippen LogP contribution in [0.4, 0.5) is 0 Å². The Morgan fingerprint density at radius 3 is 2.95 bits per heavy atom. The first-order chi connectivity index (χ1) is 10.2. The van der Waals surface area contributed by atoms with Gasteiger partial charge in [-0.05, 0) is 41.5 Å². The molecule has 1 aromatic carbocycles. The predicted octanol–water partition coefficient (Wildman–Crippen LogP) is 4.11. The lowest BCUT2D eigenvalue weighted by Gasteiger charge is -2.16. The van der Waals surface area contributed by atoms with Gasteiger partial charge in [0, 0.05) is 24.3 Å². The maximum atomic E-state index is 6.07. The third kappa shape index (κ3) is 2.63. The average molecular weight is 348 g/mol. The van der Waals surface area contributed by atoms with Gasteiger partial charge in [-0.3, -0.25) is 0 Å². The van der Waals surface area contributed by atoms with Gasteiger partial charge in [0.2, 0.25) is 0 Å². The van der Waals surface area contributed by atoms with Crippen LogP contribution in [0.15, 0.2) is 45.5 Å². The van der Waals surface area contributed by atoms with Crippen molar-refractivity contribution in [3.63, 3.8) is 0 Å². The Morgan fingerprint density at radius 2 is 2.24 bits per heavy atom. The van der Waals surface area contributed by atoms with Crippen molar-refractivity contribution in [2.45, 2.75) is 26.4 Å². The molecule has 2 heterocycles. The van der Waals surface area contributed by atoms with Gasteiger partial charge in [-0.25, -0.2) is 4.98 Å². The summed E-state index contributed by atoms with van der Waals surface area (Å²) in [6.45, 7) is 5.94. The molecule has 3 aromatic rings. The fraction of sp³-hybridized carbons (Fsp3) is 0.312. The van der Waals surface area contributed by atoms with E-state index in [0.717, 1.165) is 40.1 Å². The zero-order chi connectivity index (χ0) is 14.8. The van der Waals surface area contributed by atoms with Crippen molar-refractivity contribution < 1.29 is 4.42 Å². The van der Waals surface area contributed by atoms with E-state index in [4.69, 9.17) is 4.42 Å². The maximum Gasteiger partial charge on any atom is 0.148 e. The highest BCUT2D eigenvalue weighted by atomic mass is 79.9. The summed E-state index contributed by atoms with van der Waals surface area (Å²) in [6, 6.07) is 8.11. The van der Waals surface area contributed by atoms with Crippen LogP contribution in [-0.4, -0.2) is 16.1 Å². The number of imidazole rings is 1. The number of nitrogens with zero attached hydrogens (tertiary/aromatic N) is 2. The van der Waals surface area contributed by atoms with E-state index in [-0.39, 0.29) is 6.04 Å². The number of aromatic nitrogens is 2. The molecule has 4 nitrogen and oxygen atoms in total. The summed E-state index contributed by atoms with van der Waals surface area (Å²) in [5.41, 5.74) is 0.880. The fourth-order valence-electron chi connectivity index (χ4n) is 2.56. The number of benzene rings is 1. The Labute approximate surface area is 132 Å². The van der Waals surface area contributed by atoms with Crippen LogP contribution in [0, 0.1) is 0 Å². The predicted molar refractivity (Wildman–Crippen MR) is 87.3 cm³/mol. The molecule has 0 fully saturated rings. The Kier molecular flexibility index (Phi) is 4.12. The number of rotatable bonds is 5. The fourth-order valence-corrected chi connectivity index (χ4v) is 3.02. The minimum absolute atomic E-state index is 0.0377. The number of hydrogen-bond donors (Lipinski definition) is 1. The van der Waals surface area contributed by atoms with Crippen LogP contribution in [0.25, 0.3) is 11.0 Å². The molecular formula is C16H18BrN3O. The van der Waals surface area contributed by atoms with Crippen molar-refractivity contribution in [1.82, 2.24) is 14.9 Å². The number of halogens is 1. The SMILES string of the molecule is CCNC(c1cc2cccc(Br)c2o1)c1nccn1CC. The van der Waals surface area contributed by atoms with Gasteiger partial charge < -0.3 is 14.3 Å². The van der Waals surface area contributed by atoms with E-state index in [9.17, 15) is 0 Å². The molecule has 110 valence electrons. The van der Waals surface area contributed by atoms with E-state index in [1.165, 1.54) is 0 Å². The molecule has 3 rings (SSSR count). The lowest BCUT2D eigenvalue weighted by atomic mass is 10.2.